The molecule has 2 N–H and O–H groups in total. The fourth-order valence-corrected chi connectivity index (χ4v) is 1.27. The number of nitrogens with zero attached hydrogens (tertiary/aromatic N) is 3. The molecule has 0 aliphatic rings. The summed E-state index contributed by atoms with van der Waals surface area (Å²) in [4.78, 5) is 12.4. The second-order valence-corrected chi connectivity index (χ2v) is 3.16. The van der Waals surface area contributed by atoms with Crippen molar-refractivity contribution in [1.29, 1.82) is 0 Å². The SMILES string of the molecule is CCNc1cc(Nc2ccccn2)ncn1. The van der Waals surface area contributed by atoms with Crippen LogP contribution in [0.25, 0.3) is 0 Å². The highest BCUT2D eigenvalue weighted by atomic mass is 15.1. The van der Waals surface area contributed by atoms with Gasteiger partial charge in [0.2, 0.25) is 0 Å². The Hall–Kier alpha value is -2.17. The van der Waals surface area contributed by atoms with E-state index in [2.05, 4.69) is 25.6 Å². The van der Waals surface area contributed by atoms with Gasteiger partial charge in [0, 0.05) is 18.8 Å². The highest BCUT2D eigenvalue weighted by Crippen LogP contribution is 2.13. The summed E-state index contributed by atoms with van der Waals surface area (Å²) in [6, 6.07) is 7.52. The molecule has 0 saturated carbocycles. The minimum absolute atomic E-state index is 0.727. The van der Waals surface area contributed by atoms with Crippen LogP contribution in [0.2, 0.25) is 0 Å². The average molecular weight is 215 g/mol. The van der Waals surface area contributed by atoms with Crippen molar-refractivity contribution in [3.63, 3.8) is 0 Å². The molecular weight excluding hydrogens is 202 g/mol. The molecule has 0 aliphatic heterocycles. The van der Waals surface area contributed by atoms with Gasteiger partial charge in [-0.25, -0.2) is 15.0 Å². The molecule has 0 unspecified atom stereocenters. The van der Waals surface area contributed by atoms with E-state index in [1.165, 1.54) is 6.33 Å². The zero-order chi connectivity index (χ0) is 11.2. The van der Waals surface area contributed by atoms with Gasteiger partial charge in [-0.1, -0.05) is 6.07 Å². The van der Waals surface area contributed by atoms with Crippen molar-refractivity contribution in [2.75, 3.05) is 17.2 Å². The molecular formula is C11H13N5. The normalized spacial score (nSPS) is 9.81. The molecule has 0 spiro atoms. The summed E-state index contributed by atoms with van der Waals surface area (Å²) in [5, 5.41) is 6.22. The molecule has 5 heteroatoms. The predicted molar refractivity (Wildman–Crippen MR) is 63.7 cm³/mol. The summed E-state index contributed by atoms with van der Waals surface area (Å²) in [5.41, 5.74) is 0. The highest BCUT2D eigenvalue weighted by molar-refractivity contribution is 5.55. The van der Waals surface area contributed by atoms with Gasteiger partial charge >= 0.3 is 0 Å². The van der Waals surface area contributed by atoms with E-state index in [4.69, 9.17) is 0 Å². The first-order valence-electron chi connectivity index (χ1n) is 5.12. The summed E-state index contributed by atoms with van der Waals surface area (Å²) in [6.45, 7) is 2.86. The quantitative estimate of drug-likeness (QED) is 0.817. The molecule has 2 heterocycles. The van der Waals surface area contributed by atoms with E-state index in [-0.39, 0.29) is 0 Å². The molecule has 2 aromatic heterocycles. The van der Waals surface area contributed by atoms with Crippen molar-refractivity contribution >= 4 is 17.5 Å². The Labute approximate surface area is 94.0 Å². The van der Waals surface area contributed by atoms with Crippen LogP contribution in [0.1, 0.15) is 6.92 Å². The summed E-state index contributed by atoms with van der Waals surface area (Å²) < 4.78 is 0. The van der Waals surface area contributed by atoms with Crippen molar-refractivity contribution in [1.82, 2.24) is 15.0 Å². The third-order valence-corrected chi connectivity index (χ3v) is 1.95. The first kappa shape index (κ1) is 10.4. The van der Waals surface area contributed by atoms with Gasteiger partial charge in [0.25, 0.3) is 0 Å². The van der Waals surface area contributed by atoms with E-state index in [0.717, 1.165) is 24.0 Å². The Bertz CT molecular complexity index is 443. The molecule has 2 aromatic rings. The van der Waals surface area contributed by atoms with Crippen molar-refractivity contribution < 1.29 is 0 Å². The molecule has 0 radical (unpaired) electrons. The maximum absolute atomic E-state index is 4.16. The van der Waals surface area contributed by atoms with E-state index in [1.54, 1.807) is 6.20 Å². The van der Waals surface area contributed by atoms with Crippen molar-refractivity contribution in [2.45, 2.75) is 6.92 Å². The lowest BCUT2D eigenvalue weighted by atomic mass is 10.4. The maximum atomic E-state index is 4.16. The summed E-state index contributed by atoms with van der Waals surface area (Å²) in [6.07, 6.45) is 3.25. The van der Waals surface area contributed by atoms with Gasteiger partial charge in [-0.05, 0) is 19.1 Å². The number of pyridine rings is 1. The standard InChI is InChI=1S/C11H13N5/c1-2-12-10-7-11(15-8-14-10)16-9-5-3-4-6-13-9/h3-8H,2H2,1H3,(H2,12,13,14,15,16). The summed E-state index contributed by atoms with van der Waals surface area (Å²) in [7, 11) is 0. The average Bonchev–Trinajstić information content (AvgIpc) is 2.31. The van der Waals surface area contributed by atoms with Gasteiger partial charge in [0.1, 0.15) is 23.8 Å². The van der Waals surface area contributed by atoms with E-state index in [1.807, 2.05) is 31.2 Å². The van der Waals surface area contributed by atoms with Gasteiger partial charge in [-0.2, -0.15) is 0 Å². The molecule has 0 saturated heterocycles. The van der Waals surface area contributed by atoms with Crippen LogP contribution in [0, 0.1) is 0 Å². The van der Waals surface area contributed by atoms with Crippen LogP contribution in [0.3, 0.4) is 0 Å². The highest BCUT2D eigenvalue weighted by Gasteiger charge is 1.98. The molecule has 5 nitrogen and oxygen atoms in total. The largest absolute Gasteiger partial charge is 0.370 e. The lowest BCUT2D eigenvalue weighted by molar-refractivity contribution is 1.11. The molecule has 0 fully saturated rings. The van der Waals surface area contributed by atoms with E-state index in [9.17, 15) is 0 Å². The lowest BCUT2D eigenvalue weighted by Gasteiger charge is -2.06. The zero-order valence-electron chi connectivity index (χ0n) is 9.01. The molecule has 16 heavy (non-hydrogen) atoms. The number of rotatable bonds is 4. The van der Waals surface area contributed by atoms with Gasteiger partial charge in [0.05, 0.1) is 0 Å². The second kappa shape index (κ2) is 5.06. The Balaban J connectivity index is 2.12. The lowest BCUT2D eigenvalue weighted by Crippen LogP contribution is -2.02. The smallest absolute Gasteiger partial charge is 0.137 e. The Kier molecular flexibility index (Phi) is 3.28. The van der Waals surface area contributed by atoms with Crippen LogP contribution in [0.4, 0.5) is 17.5 Å². The second-order valence-electron chi connectivity index (χ2n) is 3.16. The molecule has 0 bridgehead atoms. The summed E-state index contributed by atoms with van der Waals surface area (Å²) in [5.74, 6) is 2.30. The fraction of sp³-hybridized carbons (Fsp3) is 0.182. The molecule has 2 rings (SSSR count). The summed E-state index contributed by atoms with van der Waals surface area (Å²) >= 11 is 0. The maximum Gasteiger partial charge on any atom is 0.137 e. The van der Waals surface area contributed by atoms with Crippen LogP contribution in [0.5, 0.6) is 0 Å². The molecule has 0 amide bonds. The van der Waals surface area contributed by atoms with Crippen LogP contribution in [0.15, 0.2) is 36.8 Å². The van der Waals surface area contributed by atoms with Crippen molar-refractivity contribution in [2.24, 2.45) is 0 Å². The molecule has 82 valence electrons. The minimum atomic E-state index is 0.727. The van der Waals surface area contributed by atoms with Crippen LogP contribution >= 0.6 is 0 Å². The van der Waals surface area contributed by atoms with Crippen molar-refractivity contribution in [3.05, 3.63) is 36.8 Å². The molecule has 0 aliphatic carbocycles. The number of nitrogens with one attached hydrogen (secondary N) is 2. The van der Waals surface area contributed by atoms with Gasteiger partial charge in [0.15, 0.2) is 0 Å². The monoisotopic (exact) mass is 215 g/mol. The molecule has 0 atom stereocenters. The van der Waals surface area contributed by atoms with Crippen LogP contribution < -0.4 is 10.6 Å². The number of anilines is 3. The zero-order valence-corrected chi connectivity index (χ0v) is 9.01. The third-order valence-electron chi connectivity index (χ3n) is 1.95. The van der Waals surface area contributed by atoms with Gasteiger partial charge in [-0.15, -0.1) is 0 Å². The van der Waals surface area contributed by atoms with E-state index < -0.39 is 0 Å². The number of hydrogen-bond acceptors (Lipinski definition) is 5. The first-order chi connectivity index (χ1) is 7.88. The number of aromatic nitrogens is 3. The van der Waals surface area contributed by atoms with Crippen LogP contribution in [-0.2, 0) is 0 Å². The topological polar surface area (TPSA) is 62.7 Å². The van der Waals surface area contributed by atoms with Crippen LogP contribution in [-0.4, -0.2) is 21.5 Å². The Morgan fingerprint density at radius 2 is 1.94 bits per heavy atom. The van der Waals surface area contributed by atoms with E-state index >= 15 is 0 Å². The minimum Gasteiger partial charge on any atom is -0.370 e. The van der Waals surface area contributed by atoms with Crippen molar-refractivity contribution in [3.8, 4) is 0 Å². The van der Waals surface area contributed by atoms with Gasteiger partial charge in [-0.3, -0.25) is 0 Å². The van der Waals surface area contributed by atoms with E-state index in [0.29, 0.717) is 0 Å². The first-order valence-corrected chi connectivity index (χ1v) is 5.12. The number of hydrogen-bond donors (Lipinski definition) is 2. The predicted octanol–water partition coefficient (Wildman–Crippen LogP) is 2.05. The third kappa shape index (κ3) is 2.66. The van der Waals surface area contributed by atoms with Gasteiger partial charge < -0.3 is 10.6 Å². The Morgan fingerprint density at radius 1 is 1.06 bits per heavy atom. The molecule has 0 aromatic carbocycles. The Morgan fingerprint density at radius 3 is 2.69 bits per heavy atom. The fourth-order valence-electron chi connectivity index (χ4n) is 1.27.